The van der Waals surface area contributed by atoms with E-state index in [1.807, 2.05) is 0 Å². The average molecular weight is 1870 g/mol. The van der Waals surface area contributed by atoms with Crippen LogP contribution in [0, 0.1) is 111 Å². The third-order valence-corrected chi connectivity index (χ3v) is 31.6. The van der Waals surface area contributed by atoms with Gasteiger partial charge in [0.15, 0.2) is 45.7 Å². The Hall–Kier alpha value is -9.22. The van der Waals surface area contributed by atoms with E-state index in [-0.39, 0.29) is 43.3 Å². The van der Waals surface area contributed by atoms with Crippen molar-refractivity contribution < 1.29 is 94.1 Å². The fraction of sp³-hybridized carbons (Fsp3) is 0.500. The van der Waals surface area contributed by atoms with Crippen molar-refractivity contribution in [2.45, 2.75) is 320 Å². The number of fused-ring (bicyclic) bond motifs is 8. The second-order valence-electron chi connectivity index (χ2n) is 42.6. The highest BCUT2D eigenvalue weighted by Gasteiger charge is 2.51. The molecule has 0 saturated heterocycles. The standard InChI is InChI=1S/8C14H20N.4BFO2/c8*1-9-7-8-10(2)13-12(9)14(4,5)11(3)15(13)6;4*2-1(3)4/h8*7-8H,1-6H3;;;;/q8*+1;4*-2. The molecule has 16 nitrogen and oxygen atoms in total. The van der Waals surface area contributed by atoms with Gasteiger partial charge in [0.25, 0.3) is 0 Å². The fourth-order valence-electron chi connectivity index (χ4n) is 22.3. The van der Waals surface area contributed by atoms with Gasteiger partial charge in [-0.25, -0.2) is 36.6 Å². The lowest BCUT2D eigenvalue weighted by atomic mass is 9.79. The number of halogens is 4. The monoisotopic (exact) mass is 1870 g/mol. The van der Waals surface area contributed by atoms with Crippen molar-refractivity contribution >= 4 is 121 Å². The molecule has 24 heteroatoms. The number of benzene rings is 8. The van der Waals surface area contributed by atoms with Crippen molar-refractivity contribution in [2.24, 2.45) is 0 Å². The Labute approximate surface area is 817 Å². The second-order valence-corrected chi connectivity index (χ2v) is 42.6. The average Bonchev–Trinajstić information content (AvgIpc) is 1.65. The predicted molar refractivity (Wildman–Crippen MR) is 551 cm³/mol. The summed E-state index contributed by atoms with van der Waals surface area (Å²) < 4.78 is 58.3. The Morgan fingerprint density at radius 1 is 0.154 bits per heavy atom. The van der Waals surface area contributed by atoms with Crippen LogP contribution in [0.15, 0.2) is 97.1 Å². The zero-order valence-corrected chi connectivity index (χ0v) is 91.9. The van der Waals surface area contributed by atoms with Gasteiger partial charge in [-0.3, -0.25) is 0 Å². The summed E-state index contributed by atoms with van der Waals surface area (Å²) in [4.78, 5) is 0. The van der Waals surface area contributed by atoms with E-state index in [0.29, 0.717) is 0 Å². The normalized spacial score (nSPS) is 16.9. The van der Waals surface area contributed by atoms with Crippen LogP contribution in [0.4, 0.5) is 62.8 Å². The first kappa shape index (κ1) is 117. The lowest BCUT2D eigenvalue weighted by molar-refractivity contribution is -0.403. The van der Waals surface area contributed by atoms with Crippen LogP contribution in [0.2, 0.25) is 0 Å². The van der Waals surface area contributed by atoms with Crippen LogP contribution < -0.4 is 40.2 Å². The van der Waals surface area contributed by atoms with Crippen molar-refractivity contribution in [1.29, 1.82) is 0 Å². The topological polar surface area (TPSA) is 209 Å². The van der Waals surface area contributed by atoms with Gasteiger partial charge in [0.05, 0.1) is 43.3 Å². The zero-order valence-electron chi connectivity index (χ0n) is 91.9. The molecule has 8 aliphatic rings. The minimum absolute atomic E-state index is 0.181. The summed E-state index contributed by atoms with van der Waals surface area (Å²) >= 11 is 0. The fourth-order valence-corrected chi connectivity index (χ4v) is 22.3. The molecule has 8 aromatic carbocycles. The molecule has 0 N–H and O–H groups in total. The molecular formula is C112H160B4F4N8O8. The Morgan fingerprint density at radius 2 is 0.213 bits per heavy atom. The summed E-state index contributed by atoms with van der Waals surface area (Å²) in [6, 6.07) is 35.7. The molecule has 736 valence electrons. The van der Waals surface area contributed by atoms with Gasteiger partial charge in [0.1, 0.15) is 86.0 Å². The van der Waals surface area contributed by atoms with Gasteiger partial charge in [-0.1, -0.05) is 97.1 Å². The molecule has 136 heavy (non-hydrogen) atoms. The van der Waals surface area contributed by atoms with Gasteiger partial charge in [0, 0.05) is 144 Å². The highest BCUT2D eigenvalue weighted by Crippen LogP contribution is 2.51. The van der Waals surface area contributed by atoms with Crippen molar-refractivity contribution in [3.8, 4) is 0 Å². The van der Waals surface area contributed by atoms with E-state index in [0.717, 1.165) is 0 Å². The Morgan fingerprint density at radius 3 is 0.272 bits per heavy atom. The van der Waals surface area contributed by atoms with Gasteiger partial charge in [-0.2, -0.15) is 0 Å². The molecule has 0 amide bonds. The minimum Gasteiger partial charge on any atom is -0.867 e. The Balaban J connectivity index is 0.000000268. The molecule has 0 aliphatic carbocycles. The van der Waals surface area contributed by atoms with Crippen LogP contribution in [-0.2, 0) is 43.3 Å². The molecule has 0 fully saturated rings. The summed E-state index contributed by atoms with van der Waals surface area (Å²) in [6.45, 7) is 90.2. The molecule has 8 aliphatic heterocycles. The number of aryl methyl sites for hydroxylation is 16. The molecule has 16 rings (SSSR count). The number of nitrogens with zero attached hydrogens (tertiary/aromatic N) is 8. The summed E-state index contributed by atoms with van der Waals surface area (Å²) in [5.41, 5.74) is 58.6. The predicted octanol–water partition coefficient (Wildman–Crippen LogP) is 17.3. The maximum atomic E-state index is 9.89. The third-order valence-electron chi connectivity index (χ3n) is 31.6. The zero-order chi connectivity index (χ0) is 105. The van der Waals surface area contributed by atoms with Crippen molar-refractivity contribution in [2.75, 3.05) is 56.4 Å². The van der Waals surface area contributed by atoms with E-state index < -0.39 is 29.6 Å². The van der Waals surface area contributed by atoms with Crippen LogP contribution >= 0.6 is 0 Å². The number of hydrogen-bond acceptors (Lipinski definition) is 8. The quantitative estimate of drug-likeness (QED) is 0.0808. The van der Waals surface area contributed by atoms with E-state index in [1.165, 1.54) is 225 Å². The third kappa shape index (κ3) is 23.2. The Bertz CT molecular complexity index is 5080. The van der Waals surface area contributed by atoms with Crippen LogP contribution in [0.1, 0.15) is 300 Å². The molecule has 0 spiro atoms. The SMILES string of the molecule is CC1=[N+](C)c2c(C)ccc(C)c2C1(C)C.CC1=[N+](C)c2c(C)ccc(C)c2C1(C)C.CC1=[N+](C)c2c(C)ccc(C)c2C1(C)C.CC1=[N+](C)c2c(C)ccc(C)c2C1(C)C.CC1=[N+](C)c2c(C)ccc(C)c2C1(C)C.CC1=[N+](C)c2c(C)ccc(C)c2C1(C)C.CC1=[N+](C)c2c(C)ccc(C)c2C1(C)C.CC1=[N+](C)c2c(C)ccc(C)c2C1(C)C.[O-]B([O-])F.[O-]B([O-])F.[O-]B([O-])F.[O-]B([O-])F. The van der Waals surface area contributed by atoms with Gasteiger partial charge in [-0.15, -0.1) is 0 Å². The summed E-state index contributed by atoms with van der Waals surface area (Å²) in [6.07, 6.45) is 0. The van der Waals surface area contributed by atoms with Gasteiger partial charge in [-0.05, 0) is 266 Å². The molecule has 0 radical (unpaired) electrons. The first-order valence-electron chi connectivity index (χ1n) is 47.2. The molecule has 0 bridgehead atoms. The molecule has 0 aromatic heterocycles. The maximum Gasteiger partial charge on any atom is 0.212 e. The number of rotatable bonds is 0. The number of hydrogen-bond donors (Lipinski definition) is 0. The van der Waals surface area contributed by atoms with E-state index in [2.05, 4.69) is 467 Å². The summed E-state index contributed by atoms with van der Waals surface area (Å²) in [5, 5.41) is 66.4. The molecule has 8 heterocycles. The van der Waals surface area contributed by atoms with E-state index >= 15 is 0 Å². The maximum absolute atomic E-state index is 9.89. The van der Waals surface area contributed by atoms with Crippen LogP contribution in [0.3, 0.4) is 0 Å². The second kappa shape index (κ2) is 44.1. The van der Waals surface area contributed by atoms with E-state index in [4.69, 9.17) is 40.2 Å². The molecular weight excluding hydrogens is 1700 g/mol. The summed E-state index contributed by atoms with van der Waals surface area (Å²) in [5.74, 6) is 0. The molecule has 8 aromatic rings. The molecule has 0 unspecified atom stereocenters. The lowest BCUT2D eigenvalue weighted by Crippen LogP contribution is -2.39. The van der Waals surface area contributed by atoms with Crippen molar-refractivity contribution in [1.82, 2.24) is 0 Å². The summed E-state index contributed by atoms with van der Waals surface area (Å²) in [7, 11) is 4.74. The van der Waals surface area contributed by atoms with Gasteiger partial charge < -0.3 is 57.5 Å². The first-order valence-corrected chi connectivity index (χ1v) is 47.2. The highest BCUT2D eigenvalue weighted by atomic mass is 19.1. The van der Waals surface area contributed by atoms with Crippen molar-refractivity contribution in [3.05, 3.63) is 231 Å². The van der Waals surface area contributed by atoms with E-state index in [9.17, 15) is 17.3 Å². The van der Waals surface area contributed by atoms with Crippen LogP contribution in [-0.4, -0.2) is 168 Å². The van der Waals surface area contributed by atoms with Crippen LogP contribution in [0.5, 0.6) is 0 Å². The largest absolute Gasteiger partial charge is 0.867 e. The van der Waals surface area contributed by atoms with Crippen LogP contribution in [0.25, 0.3) is 0 Å². The smallest absolute Gasteiger partial charge is 0.212 e. The Kier molecular flexibility index (Phi) is 38.0. The van der Waals surface area contributed by atoms with E-state index in [1.54, 1.807) is 0 Å². The molecule has 0 saturated carbocycles. The van der Waals surface area contributed by atoms with Crippen molar-refractivity contribution in [3.63, 3.8) is 0 Å². The lowest BCUT2D eigenvalue weighted by Gasteiger charge is -2.17. The first-order chi connectivity index (χ1) is 61.9. The highest BCUT2D eigenvalue weighted by molar-refractivity contribution is 6.28. The van der Waals surface area contributed by atoms with Gasteiger partial charge >= 0.3 is 0 Å². The van der Waals surface area contributed by atoms with Gasteiger partial charge in [0.2, 0.25) is 45.5 Å². The minimum atomic E-state index is -3.17. The molecule has 0 atom stereocenters.